The molecule has 3 heterocycles. The number of hydrogen-bond acceptors (Lipinski definition) is 12. The van der Waals surface area contributed by atoms with Crippen LogP contribution in [0, 0.1) is 32.8 Å². The largest absolute Gasteiger partial charge is 0.462 e. The van der Waals surface area contributed by atoms with Crippen molar-refractivity contribution in [3.63, 3.8) is 0 Å². The van der Waals surface area contributed by atoms with Gasteiger partial charge in [0, 0.05) is 38.0 Å². The number of carbonyl (C=O) groups excluding carboxylic acids is 2. The van der Waals surface area contributed by atoms with Crippen LogP contribution in [0.3, 0.4) is 0 Å². The van der Waals surface area contributed by atoms with Crippen molar-refractivity contribution in [2.45, 2.75) is 37.6 Å². The fraction of sp³-hybridized carbons (Fsp3) is 0.600. The van der Waals surface area contributed by atoms with Crippen molar-refractivity contribution < 1.29 is 24.0 Å². The van der Waals surface area contributed by atoms with E-state index in [4.69, 9.17) is 14.7 Å². The summed E-state index contributed by atoms with van der Waals surface area (Å²) in [5, 5.41) is 36.9. The monoisotopic (exact) mass is 459 g/mol. The Labute approximate surface area is 190 Å². The van der Waals surface area contributed by atoms with Crippen molar-refractivity contribution in [2.24, 2.45) is 0 Å². The van der Waals surface area contributed by atoms with Crippen molar-refractivity contribution in [1.29, 1.82) is 10.5 Å². The number of esters is 1. The molecule has 0 amide bonds. The van der Waals surface area contributed by atoms with Crippen LogP contribution >= 0.6 is 0 Å². The van der Waals surface area contributed by atoms with E-state index in [1.807, 2.05) is 12.1 Å². The molecule has 2 N–H and O–H groups in total. The van der Waals surface area contributed by atoms with E-state index in [1.54, 1.807) is 9.80 Å². The molecule has 0 unspecified atom stereocenters. The number of rotatable bonds is 6. The van der Waals surface area contributed by atoms with Gasteiger partial charge >= 0.3 is 5.97 Å². The summed E-state index contributed by atoms with van der Waals surface area (Å²) < 4.78 is 11.2. The maximum Gasteiger partial charge on any atom is 0.302 e. The summed E-state index contributed by atoms with van der Waals surface area (Å²) in [6.45, 7) is 3.25. The number of Topliss-reactive ketones (excluding diaryl/α,β-unsaturated/α-hetero) is 1. The minimum atomic E-state index is -1.83. The maximum absolute atomic E-state index is 13.0. The Bertz CT molecular complexity index is 967. The predicted molar refractivity (Wildman–Crippen MR) is 111 cm³/mol. The molecule has 3 rings (SSSR count). The van der Waals surface area contributed by atoms with Crippen molar-refractivity contribution in [1.82, 2.24) is 20.4 Å². The number of nitrogens with zero attached hydrogens (tertiary/aromatic N) is 5. The lowest BCUT2D eigenvalue weighted by Gasteiger charge is -2.50. The highest BCUT2D eigenvalue weighted by atomic mass is 16.6. The van der Waals surface area contributed by atoms with Gasteiger partial charge in [0.25, 0.3) is 6.04 Å². The standard InChI is InChI=1S/C20H25N7O6/c1-13(28)20(12-32-14(2)29)19(26-10-8-24-17(26)4-6-22)18(27(30)31)15(11-33-20)25-9-7-23-16(25)3-5-21/h3-4,15,18-19,23-24H,7-12H2,1-2H3/t15-,18+,19-,20+/m1/s1. The van der Waals surface area contributed by atoms with Crippen LogP contribution < -0.4 is 10.6 Å². The average Bonchev–Trinajstić information content (AvgIpc) is 3.41. The smallest absolute Gasteiger partial charge is 0.302 e. The van der Waals surface area contributed by atoms with Crippen LogP contribution in [0.15, 0.2) is 23.8 Å². The normalized spacial score (nSPS) is 31.5. The first-order valence-corrected chi connectivity index (χ1v) is 10.4. The summed E-state index contributed by atoms with van der Waals surface area (Å²) in [7, 11) is 0. The third-order valence-corrected chi connectivity index (χ3v) is 6.11. The Kier molecular flexibility index (Phi) is 7.04. The highest BCUT2D eigenvalue weighted by Crippen LogP contribution is 2.38. The van der Waals surface area contributed by atoms with E-state index in [-0.39, 0.29) is 13.2 Å². The number of nitrogens with one attached hydrogen (secondary N) is 2. The lowest BCUT2D eigenvalue weighted by Crippen LogP contribution is -2.74. The minimum absolute atomic E-state index is 0.202. The van der Waals surface area contributed by atoms with Crippen LogP contribution in [0.25, 0.3) is 0 Å². The SMILES string of the molecule is CC(=O)OC[C@@]1(C(C)=O)OC[C@@H](N2CCNC2=CC#N)[C@H]([N+](=O)[O-])[C@H]1N1CCNC1=CC#N. The molecule has 0 aliphatic carbocycles. The summed E-state index contributed by atoms with van der Waals surface area (Å²) in [4.78, 5) is 39.9. The van der Waals surface area contributed by atoms with Gasteiger partial charge in [-0.25, -0.2) is 0 Å². The fourth-order valence-corrected chi connectivity index (χ4v) is 4.69. The summed E-state index contributed by atoms with van der Waals surface area (Å²) >= 11 is 0. The summed E-state index contributed by atoms with van der Waals surface area (Å²) in [5.74, 6) is -0.443. The van der Waals surface area contributed by atoms with E-state index in [9.17, 15) is 25.0 Å². The van der Waals surface area contributed by atoms with E-state index < -0.39 is 47.0 Å². The molecule has 4 atom stereocenters. The minimum Gasteiger partial charge on any atom is -0.462 e. The van der Waals surface area contributed by atoms with Gasteiger partial charge in [0.15, 0.2) is 11.4 Å². The summed E-state index contributed by atoms with van der Waals surface area (Å²) in [5.41, 5.74) is -1.83. The zero-order chi connectivity index (χ0) is 24.2. The first kappa shape index (κ1) is 23.8. The lowest BCUT2D eigenvalue weighted by atomic mass is 9.79. The zero-order valence-corrected chi connectivity index (χ0v) is 18.3. The molecule has 176 valence electrons. The molecule has 0 bridgehead atoms. The third kappa shape index (κ3) is 4.40. The Morgan fingerprint density at radius 2 is 1.79 bits per heavy atom. The van der Waals surface area contributed by atoms with Gasteiger partial charge in [-0.15, -0.1) is 0 Å². The maximum atomic E-state index is 13.0. The van der Waals surface area contributed by atoms with E-state index in [0.29, 0.717) is 31.3 Å². The molecule has 0 aromatic carbocycles. The van der Waals surface area contributed by atoms with E-state index >= 15 is 0 Å². The highest BCUT2D eigenvalue weighted by Gasteiger charge is 2.64. The van der Waals surface area contributed by atoms with Crippen LogP contribution in [-0.2, 0) is 19.1 Å². The Morgan fingerprint density at radius 1 is 1.21 bits per heavy atom. The second-order valence-corrected chi connectivity index (χ2v) is 7.88. The van der Waals surface area contributed by atoms with Crippen LogP contribution in [0.1, 0.15) is 13.8 Å². The van der Waals surface area contributed by atoms with E-state index in [2.05, 4.69) is 10.6 Å². The van der Waals surface area contributed by atoms with Gasteiger partial charge in [-0.1, -0.05) is 0 Å². The number of nitro groups is 1. The number of ether oxygens (including phenoxy) is 2. The molecule has 13 nitrogen and oxygen atoms in total. The fourth-order valence-electron chi connectivity index (χ4n) is 4.69. The Morgan fingerprint density at radius 3 is 2.30 bits per heavy atom. The van der Waals surface area contributed by atoms with Crippen molar-refractivity contribution >= 4 is 11.8 Å². The molecular weight excluding hydrogens is 434 g/mol. The molecule has 0 spiro atoms. The van der Waals surface area contributed by atoms with E-state index in [1.165, 1.54) is 26.0 Å². The molecule has 0 radical (unpaired) electrons. The molecule has 33 heavy (non-hydrogen) atoms. The van der Waals surface area contributed by atoms with Crippen LogP contribution in [-0.4, -0.2) is 89.6 Å². The molecular formula is C20H25N7O6. The van der Waals surface area contributed by atoms with Gasteiger partial charge < -0.3 is 29.9 Å². The Hall–Kier alpha value is -3.84. The first-order valence-electron chi connectivity index (χ1n) is 10.4. The number of carbonyl (C=O) groups is 2. The second kappa shape index (κ2) is 9.75. The van der Waals surface area contributed by atoms with Gasteiger partial charge in [-0.2, -0.15) is 10.5 Å². The number of allylic oxidation sites excluding steroid dienone is 2. The van der Waals surface area contributed by atoms with Gasteiger partial charge in [0.1, 0.15) is 30.3 Å². The van der Waals surface area contributed by atoms with E-state index in [0.717, 1.165) is 0 Å². The van der Waals surface area contributed by atoms with Crippen molar-refractivity contribution in [3.8, 4) is 12.1 Å². The molecule has 13 heteroatoms. The molecule has 0 aromatic heterocycles. The van der Waals surface area contributed by atoms with Crippen LogP contribution in [0.5, 0.6) is 0 Å². The summed E-state index contributed by atoms with van der Waals surface area (Å²) in [6, 6.07) is 0.442. The number of ketones is 1. The average molecular weight is 459 g/mol. The van der Waals surface area contributed by atoms with Gasteiger partial charge in [-0.05, 0) is 6.92 Å². The Balaban J connectivity index is 2.15. The van der Waals surface area contributed by atoms with Crippen LogP contribution in [0.4, 0.5) is 0 Å². The van der Waals surface area contributed by atoms with Gasteiger partial charge in [0.05, 0.1) is 30.9 Å². The summed E-state index contributed by atoms with van der Waals surface area (Å²) in [6.07, 6.45) is 2.48. The molecule has 3 aliphatic rings. The second-order valence-electron chi connectivity index (χ2n) is 7.88. The number of nitriles is 2. The third-order valence-electron chi connectivity index (χ3n) is 6.11. The topological polar surface area (TPSA) is 174 Å². The molecule has 3 fully saturated rings. The first-order chi connectivity index (χ1) is 15.8. The zero-order valence-electron chi connectivity index (χ0n) is 18.3. The lowest BCUT2D eigenvalue weighted by molar-refractivity contribution is -0.548. The van der Waals surface area contributed by atoms with Crippen LogP contribution in [0.2, 0.25) is 0 Å². The highest BCUT2D eigenvalue weighted by molar-refractivity contribution is 5.87. The van der Waals surface area contributed by atoms with Crippen molar-refractivity contribution in [2.75, 3.05) is 39.4 Å². The predicted octanol–water partition coefficient (Wildman–Crippen LogP) is -1.17. The molecule has 3 aliphatic heterocycles. The molecule has 0 aromatic rings. The van der Waals surface area contributed by atoms with Crippen molar-refractivity contribution in [3.05, 3.63) is 33.9 Å². The molecule has 0 saturated carbocycles. The quantitative estimate of drug-likeness (QED) is 0.211. The van der Waals surface area contributed by atoms with Gasteiger partial charge in [0.2, 0.25) is 0 Å². The van der Waals surface area contributed by atoms with Gasteiger partial charge in [-0.3, -0.25) is 19.7 Å². The number of hydrogen-bond donors (Lipinski definition) is 2. The molecule has 3 saturated heterocycles.